The van der Waals surface area contributed by atoms with Gasteiger partial charge in [-0.2, -0.15) is 0 Å². The van der Waals surface area contributed by atoms with E-state index in [1.165, 1.54) is 0 Å². The summed E-state index contributed by atoms with van der Waals surface area (Å²) in [7, 11) is 0. The van der Waals surface area contributed by atoms with E-state index in [0.29, 0.717) is 13.2 Å². The molecule has 0 aromatic rings. The van der Waals surface area contributed by atoms with Crippen LogP contribution in [0.25, 0.3) is 0 Å². The molecule has 1 unspecified atom stereocenters. The molecule has 16 heavy (non-hydrogen) atoms. The van der Waals surface area contributed by atoms with Crippen molar-refractivity contribution in [2.24, 2.45) is 0 Å². The highest BCUT2D eigenvalue weighted by atomic mass is 16.5. The summed E-state index contributed by atoms with van der Waals surface area (Å²) in [6, 6.07) is 0.0278. The van der Waals surface area contributed by atoms with Crippen LogP contribution < -0.4 is 16.0 Å². The number of rotatable bonds is 4. The first-order chi connectivity index (χ1) is 7.58. The summed E-state index contributed by atoms with van der Waals surface area (Å²) >= 11 is 0. The highest BCUT2D eigenvalue weighted by molar-refractivity contribution is 5.74. The molecule has 0 aliphatic carbocycles. The van der Waals surface area contributed by atoms with Crippen LogP contribution in [0.3, 0.4) is 0 Å². The van der Waals surface area contributed by atoms with E-state index in [1.807, 2.05) is 13.8 Å². The summed E-state index contributed by atoms with van der Waals surface area (Å²) in [5.41, 5.74) is -0.243. The van der Waals surface area contributed by atoms with Gasteiger partial charge in [-0.05, 0) is 20.3 Å². The predicted octanol–water partition coefficient (Wildman–Crippen LogP) is 0.463. The highest BCUT2D eigenvalue weighted by Gasteiger charge is 2.31. The smallest absolute Gasteiger partial charge is 0.315 e. The Bertz CT molecular complexity index is 225. The molecule has 1 aliphatic heterocycles. The quantitative estimate of drug-likeness (QED) is 0.656. The van der Waals surface area contributed by atoms with Crippen LogP contribution in [-0.2, 0) is 4.74 Å². The molecular formula is C11H23N3O2. The summed E-state index contributed by atoms with van der Waals surface area (Å²) in [5, 5.41) is 8.95. The molecule has 5 nitrogen and oxygen atoms in total. The van der Waals surface area contributed by atoms with Gasteiger partial charge in [0, 0.05) is 25.7 Å². The lowest BCUT2D eigenvalue weighted by Gasteiger charge is -2.37. The van der Waals surface area contributed by atoms with Crippen molar-refractivity contribution < 1.29 is 9.53 Å². The van der Waals surface area contributed by atoms with Gasteiger partial charge in [-0.25, -0.2) is 4.79 Å². The van der Waals surface area contributed by atoms with Gasteiger partial charge in [0.25, 0.3) is 0 Å². The van der Waals surface area contributed by atoms with E-state index in [4.69, 9.17) is 4.74 Å². The lowest BCUT2D eigenvalue weighted by atomic mass is 9.99. The normalized spacial score (nSPS) is 25.5. The van der Waals surface area contributed by atoms with Gasteiger partial charge < -0.3 is 20.7 Å². The number of carbonyl (C=O) groups is 1. The average Bonchev–Trinajstić information content (AvgIpc) is 2.27. The van der Waals surface area contributed by atoms with E-state index in [-0.39, 0.29) is 17.7 Å². The summed E-state index contributed by atoms with van der Waals surface area (Å²) in [4.78, 5) is 11.5. The maximum atomic E-state index is 11.5. The molecule has 0 aromatic heterocycles. The second-order valence-corrected chi connectivity index (χ2v) is 4.54. The van der Waals surface area contributed by atoms with E-state index in [9.17, 15) is 4.79 Å². The fourth-order valence-corrected chi connectivity index (χ4v) is 1.73. The van der Waals surface area contributed by atoms with Gasteiger partial charge in [-0.1, -0.05) is 6.92 Å². The molecular weight excluding hydrogens is 206 g/mol. The van der Waals surface area contributed by atoms with Gasteiger partial charge in [-0.15, -0.1) is 0 Å². The first-order valence-corrected chi connectivity index (χ1v) is 5.97. The minimum Gasteiger partial charge on any atom is -0.371 e. The highest BCUT2D eigenvalue weighted by Crippen LogP contribution is 2.16. The molecule has 0 spiro atoms. The van der Waals surface area contributed by atoms with Crippen LogP contribution in [0, 0.1) is 0 Å². The summed E-state index contributed by atoms with van der Waals surface area (Å²) < 4.78 is 5.77. The van der Waals surface area contributed by atoms with Gasteiger partial charge in [0.2, 0.25) is 0 Å². The third-order valence-corrected chi connectivity index (χ3v) is 2.77. The largest absolute Gasteiger partial charge is 0.371 e. The zero-order valence-corrected chi connectivity index (χ0v) is 10.4. The standard InChI is InChI=1S/C11H23N3O2/c1-4-11(7-12-5-6-16-11)8-13-10(15)14-9(2)3/h9,12H,4-8H2,1-3H3,(H2,13,14,15). The minimum absolute atomic E-state index is 0.128. The fraction of sp³-hybridized carbons (Fsp3) is 0.909. The third-order valence-electron chi connectivity index (χ3n) is 2.77. The first kappa shape index (κ1) is 13.3. The van der Waals surface area contributed by atoms with E-state index in [0.717, 1.165) is 19.5 Å². The second-order valence-electron chi connectivity index (χ2n) is 4.54. The maximum absolute atomic E-state index is 11.5. The zero-order valence-electron chi connectivity index (χ0n) is 10.4. The van der Waals surface area contributed by atoms with Gasteiger partial charge in [0.05, 0.1) is 12.2 Å². The van der Waals surface area contributed by atoms with E-state index >= 15 is 0 Å². The fourth-order valence-electron chi connectivity index (χ4n) is 1.73. The molecule has 1 heterocycles. The molecule has 1 fully saturated rings. The Labute approximate surface area is 97.3 Å². The number of urea groups is 1. The monoisotopic (exact) mass is 229 g/mol. The van der Waals surface area contributed by atoms with Crippen LogP contribution >= 0.6 is 0 Å². The lowest BCUT2D eigenvalue weighted by molar-refractivity contribution is -0.0647. The maximum Gasteiger partial charge on any atom is 0.315 e. The van der Waals surface area contributed by atoms with Crippen LogP contribution in [0.2, 0.25) is 0 Å². The van der Waals surface area contributed by atoms with Crippen LogP contribution in [0.4, 0.5) is 4.79 Å². The van der Waals surface area contributed by atoms with Gasteiger partial charge in [0.1, 0.15) is 0 Å². The molecule has 1 atom stereocenters. The molecule has 94 valence electrons. The number of morpholine rings is 1. The molecule has 1 rings (SSSR count). The molecule has 0 aromatic carbocycles. The third kappa shape index (κ3) is 3.98. The molecule has 5 heteroatoms. The van der Waals surface area contributed by atoms with Crippen molar-refractivity contribution in [1.82, 2.24) is 16.0 Å². The number of hydrogen-bond donors (Lipinski definition) is 3. The van der Waals surface area contributed by atoms with Crippen LogP contribution in [0.5, 0.6) is 0 Å². The summed E-state index contributed by atoms with van der Waals surface area (Å²) in [5.74, 6) is 0. The van der Waals surface area contributed by atoms with Crippen LogP contribution in [0.15, 0.2) is 0 Å². The van der Waals surface area contributed by atoms with Crippen molar-refractivity contribution in [1.29, 1.82) is 0 Å². The summed E-state index contributed by atoms with van der Waals surface area (Å²) in [6.07, 6.45) is 0.891. The second kappa shape index (κ2) is 6.06. The Kier molecular flexibility index (Phi) is 5.02. The van der Waals surface area contributed by atoms with Crippen LogP contribution in [-0.4, -0.2) is 43.9 Å². The Balaban J connectivity index is 2.35. The Hall–Kier alpha value is -0.810. The topological polar surface area (TPSA) is 62.4 Å². The van der Waals surface area contributed by atoms with Crippen molar-refractivity contribution in [2.45, 2.75) is 38.8 Å². The molecule has 0 saturated carbocycles. The molecule has 3 N–H and O–H groups in total. The number of nitrogens with one attached hydrogen (secondary N) is 3. The number of amides is 2. The lowest BCUT2D eigenvalue weighted by Crippen LogP contribution is -2.57. The van der Waals surface area contributed by atoms with Crippen LogP contribution in [0.1, 0.15) is 27.2 Å². The van der Waals surface area contributed by atoms with Gasteiger partial charge in [0.15, 0.2) is 0 Å². The van der Waals surface area contributed by atoms with E-state index in [2.05, 4.69) is 22.9 Å². The minimum atomic E-state index is -0.243. The van der Waals surface area contributed by atoms with E-state index < -0.39 is 0 Å². The zero-order chi connectivity index (χ0) is 12.0. The predicted molar refractivity (Wildman–Crippen MR) is 63.5 cm³/mol. The SMILES string of the molecule is CCC1(CNC(=O)NC(C)C)CNCCO1. The Morgan fingerprint density at radius 1 is 1.56 bits per heavy atom. The molecule has 1 saturated heterocycles. The Morgan fingerprint density at radius 3 is 2.81 bits per heavy atom. The van der Waals surface area contributed by atoms with Gasteiger partial charge in [-0.3, -0.25) is 0 Å². The van der Waals surface area contributed by atoms with Crippen molar-refractivity contribution >= 4 is 6.03 Å². The first-order valence-electron chi connectivity index (χ1n) is 5.97. The number of carbonyl (C=O) groups excluding carboxylic acids is 1. The van der Waals surface area contributed by atoms with E-state index in [1.54, 1.807) is 0 Å². The number of ether oxygens (including phenoxy) is 1. The number of hydrogen-bond acceptors (Lipinski definition) is 3. The average molecular weight is 229 g/mol. The van der Waals surface area contributed by atoms with Crippen molar-refractivity contribution in [3.8, 4) is 0 Å². The molecule has 1 aliphatic rings. The summed E-state index contributed by atoms with van der Waals surface area (Å²) in [6.45, 7) is 8.90. The van der Waals surface area contributed by atoms with Crippen molar-refractivity contribution in [3.63, 3.8) is 0 Å². The molecule has 0 bridgehead atoms. The Morgan fingerprint density at radius 2 is 2.31 bits per heavy atom. The molecule has 2 amide bonds. The van der Waals surface area contributed by atoms with Crippen molar-refractivity contribution in [2.75, 3.05) is 26.2 Å². The molecule has 0 radical (unpaired) electrons. The van der Waals surface area contributed by atoms with Gasteiger partial charge >= 0.3 is 6.03 Å². The van der Waals surface area contributed by atoms with Crippen molar-refractivity contribution in [3.05, 3.63) is 0 Å².